The van der Waals surface area contributed by atoms with E-state index in [1.54, 1.807) is 0 Å². The zero-order valence-corrected chi connectivity index (χ0v) is 21.6. The molecule has 1 unspecified atom stereocenters. The Balaban J connectivity index is 0.000000235. The molecule has 0 radical (unpaired) electrons. The van der Waals surface area contributed by atoms with E-state index in [1.165, 1.54) is 24.3 Å². The van der Waals surface area contributed by atoms with E-state index < -0.39 is 25.8 Å². The van der Waals surface area contributed by atoms with Gasteiger partial charge in [0.05, 0.1) is 22.4 Å². The summed E-state index contributed by atoms with van der Waals surface area (Å²) in [5.41, 5.74) is -4.41. The summed E-state index contributed by atoms with van der Waals surface area (Å²) in [5, 5.41) is 9.27. The van der Waals surface area contributed by atoms with Gasteiger partial charge in [-0.2, -0.15) is 13.2 Å². The third kappa shape index (κ3) is 5.39. The van der Waals surface area contributed by atoms with Crippen LogP contribution in [0.3, 0.4) is 0 Å². The number of hydrogen-bond acceptors (Lipinski definition) is 5. The van der Waals surface area contributed by atoms with Crippen molar-refractivity contribution in [3.8, 4) is 0 Å². The Bertz CT molecular complexity index is 745. The molecule has 2 aliphatic rings. The highest BCUT2D eigenvalue weighted by Crippen LogP contribution is 2.43. The largest absolute Gasteiger partial charge is 0.488 e. The van der Waals surface area contributed by atoms with Crippen LogP contribution < -0.4 is 0 Å². The van der Waals surface area contributed by atoms with Gasteiger partial charge in [0.15, 0.2) is 5.60 Å². The van der Waals surface area contributed by atoms with Crippen molar-refractivity contribution < 1.29 is 36.9 Å². The van der Waals surface area contributed by atoms with Crippen molar-refractivity contribution in [2.45, 2.75) is 96.5 Å². The fraction of sp³-hybridized carbons (Fsp3) is 0.714. The fourth-order valence-corrected chi connectivity index (χ4v) is 3.20. The van der Waals surface area contributed by atoms with E-state index in [0.29, 0.717) is 4.47 Å². The SMILES string of the molecule is CC(O)(c1ccc(Br)cc1)C(F)(F)F.CC1(C)OB(B2OC(C)(C)C(C)(C)O2)OC1(C)C. The molecule has 2 heterocycles. The number of hydrogen-bond donors (Lipinski definition) is 1. The first-order valence-corrected chi connectivity index (χ1v) is 11.2. The predicted octanol–water partition coefficient (Wildman–Crippen LogP) is 5.47. The normalized spacial score (nSPS) is 25.2. The minimum atomic E-state index is -4.67. The number of benzene rings is 1. The molecule has 0 aromatic heterocycles. The summed E-state index contributed by atoms with van der Waals surface area (Å²) >= 11 is 3.10. The summed E-state index contributed by atoms with van der Waals surface area (Å²) in [4.78, 5) is 0. The van der Waals surface area contributed by atoms with E-state index in [0.717, 1.165) is 6.92 Å². The van der Waals surface area contributed by atoms with Crippen LogP contribution >= 0.6 is 15.9 Å². The van der Waals surface area contributed by atoms with Gasteiger partial charge in [0.2, 0.25) is 0 Å². The lowest BCUT2D eigenvalue weighted by atomic mass is 9.49. The third-order valence-electron chi connectivity index (χ3n) is 6.72. The molecule has 3 rings (SSSR count). The molecule has 1 aromatic carbocycles. The summed E-state index contributed by atoms with van der Waals surface area (Å²) in [6.07, 6.45) is -4.67. The van der Waals surface area contributed by atoms with Crippen molar-refractivity contribution in [2.75, 3.05) is 0 Å². The minimum absolute atomic E-state index is 0.173. The van der Waals surface area contributed by atoms with Gasteiger partial charge in [0, 0.05) is 4.47 Å². The first-order chi connectivity index (χ1) is 14.1. The summed E-state index contributed by atoms with van der Waals surface area (Å²) in [7, 11) is -0.952. The van der Waals surface area contributed by atoms with Crippen molar-refractivity contribution in [3.63, 3.8) is 0 Å². The van der Waals surface area contributed by atoms with Gasteiger partial charge in [-0.25, -0.2) is 0 Å². The van der Waals surface area contributed by atoms with Crippen LogP contribution in [0.5, 0.6) is 0 Å². The molecule has 5 nitrogen and oxygen atoms in total. The Kier molecular flexibility index (Phi) is 7.41. The molecule has 11 heteroatoms. The minimum Gasteiger partial charge on any atom is -0.405 e. The Morgan fingerprint density at radius 3 is 1.25 bits per heavy atom. The number of rotatable bonds is 2. The van der Waals surface area contributed by atoms with Crippen LogP contribution in [0.15, 0.2) is 28.7 Å². The molecule has 0 bridgehead atoms. The molecule has 1 atom stereocenters. The molecular formula is C21H32B2BrF3O5. The lowest BCUT2D eigenvalue weighted by Crippen LogP contribution is -2.41. The first kappa shape index (κ1) is 27.7. The highest BCUT2D eigenvalue weighted by molar-refractivity contribution is 9.10. The van der Waals surface area contributed by atoms with E-state index in [9.17, 15) is 18.3 Å². The van der Waals surface area contributed by atoms with E-state index in [1.807, 2.05) is 55.4 Å². The molecule has 0 spiro atoms. The van der Waals surface area contributed by atoms with Crippen LogP contribution in [0, 0.1) is 0 Å². The molecule has 180 valence electrons. The summed E-state index contributed by atoms with van der Waals surface area (Å²) in [6, 6.07) is 5.38. The molecule has 2 fully saturated rings. The van der Waals surface area contributed by atoms with Gasteiger partial charge in [0.25, 0.3) is 0 Å². The van der Waals surface area contributed by atoms with E-state index >= 15 is 0 Å². The van der Waals surface area contributed by atoms with E-state index in [-0.39, 0.29) is 28.0 Å². The van der Waals surface area contributed by atoms with Gasteiger partial charge in [-0.15, -0.1) is 0 Å². The predicted molar refractivity (Wildman–Crippen MR) is 122 cm³/mol. The Labute approximate surface area is 197 Å². The molecule has 0 amide bonds. The van der Waals surface area contributed by atoms with Gasteiger partial charge in [-0.1, -0.05) is 28.1 Å². The van der Waals surface area contributed by atoms with E-state index in [4.69, 9.17) is 18.6 Å². The van der Waals surface area contributed by atoms with Crippen LogP contribution in [0.25, 0.3) is 0 Å². The average molecular weight is 523 g/mol. The molecule has 32 heavy (non-hydrogen) atoms. The smallest absolute Gasteiger partial charge is 0.405 e. The lowest BCUT2D eigenvalue weighted by molar-refractivity contribution is -0.258. The first-order valence-electron chi connectivity index (χ1n) is 10.4. The molecule has 1 aromatic rings. The van der Waals surface area contributed by atoms with Gasteiger partial charge in [-0.3, -0.25) is 0 Å². The topological polar surface area (TPSA) is 57.2 Å². The Morgan fingerprint density at radius 2 is 1.00 bits per heavy atom. The second-order valence-electron chi connectivity index (χ2n) is 10.3. The van der Waals surface area contributed by atoms with Crippen molar-refractivity contribution in [2.24, 2.45) is 0 Å². The van der Waals surface area contributed by atoms with Crippen LogP contribution in [0.1, 0.15) is 67.9 Å². The summed E-state index contributed by atoms with van der Waals surface area (Å²) in [6.45, 7) is 16.9. The summed E-state index contributed by atoms with van der Waals surface area (Å²) < 4.78 is 61.6. The maximum absolute atomic E-state index is 12.4. The van der Waals surface area contributed by atoms with Crippen LogP contribution in [-0.2, 0) is 24.2 Å². The lowest BCUT2D eigenvalue weighted by Gasteiger charge is -2.32. The number of aliphatic hydroxyl groups is 1. The average Bonchev–Trinajstić information content (AvgIpc) is 2.95. The maximum Gasteiger partial charge on any atom is 0.488 e. The standard InChI is InChI=1S/C12H24B2O4.C9H8BrF3O/c1-9(2)10(3,4)16-13(15-9)14-17-11(5,6)12(7,8)18-14;1-8(14,9(11,12)13)6-2-4-7(10)5-3-6/h1-8H3;2-5,14H,1H3. The van der Waals surface area contributed by atoms with Crippen LogP contribution in [0.2, 0.25) is 0 Å². The van der Waals surface area contributed by atoms with Crippen molar-refractivity contribution >= 4 is 29.9 Å². The molecular weight excluding hydrogens is 491 g/mol. The quantitative estimate of drug-likeness (QED) is 0.522. The zero-order chi connectivity index (χ0) is 25.0. The Morgan fingerprint density at radius 1 is 0.719 bits per heavy atom. The second kappa shape index (κ2) is 8.57. The van der Waals surface area contributed by atoms with Gasteiger partial charge < -0.3 is 23.7 Å². The van der Waals surface area contributed by atoms with Gasteiger partial charge in [-0.05, 0) is 80.0 Å². The van der Waals surface area contributed by atoms with Crippen molar-refractivity contribution in [1.82, 2.24) is 0 Å². The van der Waals surface area contributed by atoms with Crippen LogP contribution in [-0.4, -0.2) is 47.7 Å². The molecule has 1 N–H and O–H groups in total. The second-order valence-corrected chi connectivity index (χ2v) is 11.2. The van der Waals surface area contributed by atoms with Crippen LogP contribution in [0.4, 0.5) is 13.2 Å². The molecule has 0 saturated carbocycles. The third-order valence-corrected chi connectivity index (χ3v) is 7.25. The highest BCUT2D eigenvalue weighted by atomic mass is 79.9. The summed E-state index contributed by atoms with van der Waals surface area (Å²) in [5.74, 6) is 0. The number of halogens is 4. The molecule has 0 aliphatic carbocycles. The molecule has 2 aliphatic heterocycles. The van der Waals surface area contributed by atoms with Gasteiger partial charge in [0.1, 0.15) is 0 Å². The van der Waals surface area contributed by atoms with Gasteiger partial charge >= 0.3 is 20.2 Å². The number of alkyl halides is 3. The molecule has 2 saturated heterocycles. The Hall–Kier alpha value is -0.580. The van der Waals surface area contributed by atoms with E-state index in [2.05, 4.69) is 15.9 Å². The van der Waals surface area contributed by atoms with Crippen molar-refractivity contribution in [1.29, 1.82) is 0 Å². The maximum atomic E-state index is 12.4. The monoisotopic (exact) mass is 522 g/mol. The van der Waals surface area contributed by atoms with Crippen molar-refractivity contribution in [3.05, 3.63) is 34.3 Å². The highest BCUT2D eigenvalue weighted by Gasteiger charge is 2.63. The zero-order valence-electron chi connectivity index (χ0n) is 20.1. The fourth-order valence-electron chi connectivity index (χ4n) is 2.94.